The molecule has 1 aliphatic heterocycles. The number of phenols is 1. The second kappa shape index (κ2) is 12.0. The Balaban J connectivity index is 1.65. The third-order valence-corrected chi connectivity index (χ3v) is 6.43. The number of nitrogens with zero attached hydrogens (tertiary/aromatic N) is 1. The van der Waals surface area contributed by atoms with Crippen LogP contribution in [0.25, 0.3) is 5.76 Å². The van der Waals surface area contributed by atoms with Crippen LogP contribution in [0.1, 0.15) is 48.6 Å². The zero-order valence-corrected chi connectivity index (χ0v) is 21.9. The van der Waals surface area contributed by atoms with E-state index in [2.05, 4.69) is 0 Å². The lowest BCUT2D eigenvalue weighted by molar-refractivity contribution is -0.140. The largest absolute Gasteiger partial charge is 0.508 e. The van der Waals surface area contributed by atoms with Gasteiger partial charge >= 0.3 is 0 Å². The summed E-state index contributed by atoms with van der Waals surface area (Å²) in [6.07, 6.45) is 0.591. The number of carbonyl (C=O) groups excluding carboxylic acids is 2. The molecule has 4 rings (SSSR count). The highest BCUT2D eigenvalue weighted by atomic mass is 16.5. The maximum Gasteiger partial charge on any atom is 0.295 e. The van der Waals surface area contributed by atoms with Gasteiger partial charge in [0.2, 0.25) is 0 Å². The van der Waals surface area contributed by atoms with Gasteiger partial charge in [0.1, 0.15) is 23.9 Å². The number of Topliss-reactive ketones (excluding diaryl/α,β-unsaturated/α-hetero) is 1. The number of carbonyl (C=O) groups is 2. The van der Waals surface area contributed by atoms with Gasteiger partial charge < -0.3 is 24.6 Å². The first-order valence-electron chi connectivity index (χ1n) is 12.7. The maximum atomic E-state index is 13.2. The van der Waals surface area contributed by atoms with Crippen LogP contribution in [0.15, 0.2) is 78.4 Å². The molecule has 3 aromatic carbocycles. The number of aliphatic hydroxyl groups is 1. The normalized spacial score (nSPS) is 16.8. The highest BCUT2D eigenvalue weighted by Gasteiger charge is 2.45. The number of likely N-dealkylation sites (tertiary alicyclic amines) is 1. The summed E-state index contributed by atoms with van der Waals surface area (Å²) in [6.45, 7) is 6.85. The number of amides is 1. The van der Waals surface area contributed by atoms with Crippen LogP contribution in [0, 0.1) is 6.92 Å². The van der Waals surface area contributed by atoms with Gasteiger partial charge in [0.05, 0.1) is 17.7 Å². The molecule has 1 aliphatic rings. The monoisotopic (exact) mass is 515 g/mol. The van der Waals surface area contributed by atoms with Crippen LogP contribution in [0.2, 0.25) is 0 Å². The zero-order chi connectivity index (χ0) is 27.2. The third-order valence-electron chi connectivity index (χ3n) is 6.43. The average Bonchev–Trinajstić information content (AvgIpc) is 3.16. The number of ether oxygens (including phenoxy) is 2. The van der Waals surface area contributed by atoms with Crippen LogP contribution >= 0.6 is 0 Å². The van der Waals surface area contributed by atoms with Gasteiger partial charge in [-0.3, -0.25) is 9.59 Å². The third kappa shape index (κ3) is 6.06. The van der Waals surface area contributed by atoms with Crippen molar-refractivity contribution in [3.63, 3.8) is 0 Å². The minimum atomic E-state index is -0.788. The van der Waals surface area contributed by atoms with Gasteiger partial charge in [0.25, 0.3) is 11.7 Å². The molecule has 1 unspecified atom stereocenters. The van der Waals surface area contributed by atoms with Gasteiger partial charge in [0.15, 0.2) is 0 Å². The minimum absolute atomic E-state index is 0.0165. The molecule has 7 heteroatoms. The minimum Gasteiger partial charge on any atom is -0.508 e. The van der Waals surface area contributed by atoms with Crippen LogP contribution in [0.4, 0.5) is 0 Å². The van der Waals surface area contributed by atoms with Crippen molar-refractivity contribution < 1.29 is 29.3 Å². The average molecular weight is 516 g/mol. The number of aromatic hydroxyl groups is 1. The molecule has 0 bridgehead atoms. The van der Waals surface area contributed by atoms with E-state index in [0.717, 1.165) is 11.1 Å². The molecule has 0 aromatic heterocycles. The van der Waals surface area contributed by atoms with Gasteiger partial charge in [-0.25, -0.2) is 0 Å². The number of rotatable bonds is 10. The number of hydrogen-bond acceptors (Lipinski definition) is 6. The number of ketones is 1. The Bertz CT molecular complexity index is 1310. The van der Waals surface area contributed by atoms with Crippen molar-refractivity contribution >= 4 is 17.4 Å². The van der Waals surface area contributed by atoms with Gasteiger partial charge in [0, 0.05) is 18.7 Å². The van der Waals surface area contributed by atoms with Crippen molar-refractivity contribution in [3.05, 3.63) is 101 Å². The molecule has 1 saturated heterocycles. The molecule has 198 valence electrons. The van der Waals surface area contributed by atoms with E-state index < -0.39 is 17.7 Å². The van der Waals surface area contributed by atoms with E-state index in [-0.39, 0.29) is 29.7 Å². The van der Waals surface area contributed by atoms with E-state index in [4.69, 9.17) is 9.47 Å². The molecule has 1 amide bonds. The predicted octanol–water partition coefficient (Wildman–Crippen LogP) is 5.52. The molecule has 0 spiro atoms. The first kappa shape index (κ1) is 26.9. The first-order chi connectivity index (χ1) is 18.3. The Morgan fingerprint density at radius 1 is 1.00 bits per heavy atom. The number of phenolic OH excluding ortho intramolecular Hbond substituents is 1. The second-order valence-corrected chi connectivity index (χ2v) is 9.61. The lowest BCUT2D eigenvalue weighted by atomic mass is 9.94. The molecule has 3 aromatic rings. The Hall–Kier alpha value is -4.10. The van der Waals surface area contributed by atoms with Crippen molar-refractivity contribution in [2.75, 3.05) is 13.2 Å². The van der Waals surface area contributed by atoms with Crippen LogP contribution in [0.5, 0.6) is 11.5 Å². The fourth-order valence-electron chi connectivity index (χ4n) is 4.52. The van der Waals surface area contributed by atoms with Gasteiger partial charge in [-0.1, -0.05) is 42.5 Å². The number of aryl methyl sites for hydroxylation is 1. The van der Waals surface area contributed by atoms with E-state index in [1.165, 1.54) is 17.0 Å². The van der Waals surface area contributed by atoms with Crippen molar-refractivity contribution in [1.29, 1.82) is 0 Å². The van der Waals surface area contributed by atoms with Gasteiger partial charge in [-0.2, -0.15) is 0 Å². The van der Waals surface area contributed by atoms with Crippen LogP contribution < -0.4 is 4.74 Å². The van der Waals surface area contributed by atoms with E-state index in [1.54, 1.807) is 30.3 Å². The standard InChI is InChI=1S/C31H33NO6/c1-20(2)37-17-7-16-32-28(23-10-13-25(33)14-11-23)27(30(35)31(32)36)29(34)24-12-15-26(21(3)18-24)38-19-22-8-5-4-6-9-22/h4-6,8-15,18,20,28,33-34H,7,16-17,19H2,1-3H3/b29-27-. The highest BCUT2D eigenvalue weighted by Crippen LogP contribution is 2.40. The molecular weight excluding hydrogens is 482 g/mol. The van der Waals surface area contributed by atoms with Gasteiger partial charge in [-0.15, -0.1) is 0 Å². The quantitative estimate of drug-likeness (QED) is 0.160. The van der Waals surface area contributed by atoms with Crippen molar-refractivity contribution in [2.45, 2.75) is 45.9 Å². The number of aliphatic hydroxyl groups excluding tert-OH is 1. The molecule has 7 nitrogen and oxygen atoms in total. The number of benzene rings is 3. The first-order valence-corrected chi connectivity index (χ1v) is 12.7. The Kier molecular flexibility index (Phi) is 8.48. The molecule has 1 heterocycles. The summed E-state index contributed by atoms with van der Waals surface area (Å²) in [5.74, 6) is -0.940. The summed E-state index contributed by atoms with van der Waals surface area (Å²) in [4.78, 5) is 27.8. The summed E-state index contributed by atoms with van der Waals surface area (Å²) in [6, 6.07) is 20.5. The summed E-state index contributed by atoms with van der Waals surface area (Å²) in [5.41, 5.74) is 2.87. The Morgan fingerprint density at radius 2 is 1.71 bits per heavy atom. The van der Waals surface area contributed by atoms with Crippen molar-refractivity contribution in [1.82, 2.24) is 4.90 Å². The van der Waals surface area contributed by atoms with E-state index in [0.29, 0.717) is 36.5 Å². The Morgan fingerprint density at radius 3 is 2.37 bits per heavy atom. The molecule has 38 heavy (non-hydrogen) atoms. The molecule has 0 aliphatic carbocycles. The second-order valence-electron chi connectivity index (χ2n) is 9.61. The fraction of sp³-hybridized carbons (Fsp3) is 0.290. The SMILES string of the molecule is Cc1cc(/C(O)=C2/C(=O)C(=O)N(CCCOC(C)C)C2c2ccc(O)cc2)ccc1OCc1ccccc1. The van der Waals surface area contributed by atoms with Crippen molar-refractivity contribution in [2.24, 2.45) is 0 Å². The van der Waals surface area contributed by atoms with Crippen LogP contribution in [-0.4, -0.2) is 46.1 Å². The molecule has 0 radical (unpaired) electrons. The topological polar surface area (TPSA) is 96.3 Å². The fourth-order valence-corrected chi connectivity index (χ4v) is 4.52. The Labute approximate surface area is 222 Å². The molecule has 0 saturated carbocycles. The summed E-state index contributed by atoms with van der Waals surface area (Å²) in [7, 11) is 0. The maximum absolute atomic E-state index is 13.2. The molecule has 1 fully saturated rings. The molecular formula is C31H33NO6. The highest BCUT2D eigenvalue weighted by molar-refractivity contribution is 6.46. The number of hydrogen-bond donors (Lipinski definition) is 2. The smallest absolute Gasteiger partial charge is 0.295 e. The molecule has 2 N–H and O–H groups in total. The van der Waals surface area contributed by atoms with E-state index >= 15 is 0 Å². The molecule has 1 atom stereocenters. The van der Waals surface area contributed by atoms with Crippen LogP contribution in [0.3, 0.4) is 0 Å². The van der Waals surface area contributed by atoms with Crippen molar-refractivity contribution in [3.8, 4) is 11.5 Å². The summed E-state index contributed by atoms with van der Waals surface area (Å²) in [5, 5.41) is 21.1. The summed E-state index contributed by atoms with van der Waals surface area (Å²) < 4.78 is 11.6. The van der Waals surface area contributed by atoms with Crippen LogP contribution in [-0.2, 0) is 20.9 Å². The predicted molar refractivity (Wildman–Crippen MR) is 145 cm³/mol. The summed E-state index contributed by atoms with van der Waals surface area (Å²) >= 11 is 0. The zero-order valence-electron chi connectivity index (χ0n) is 21.9. The van der Waals surface area contributed by atoms with Gasteiger partial charge in [-0.05, 0) is 74.2 Å². The lowest BCUT2D eigenvalue weighted by Gasteiger charge is -2.25. The lowest BCUT2D eigenvalue weighted by Crippen LogP contribution is -2.31. The van der Waals surface area contributed by atoms with E-state index in [9.17, 15) is 19.8 Å². The van der Waals surface area contributed by atoms with E-state index in [1.807, 2.05) is 51.1 Å².